The number of ether oxygens (including phenoxy) is 2. The second-order valence-electron chi connectivity index (χ2n) is 4.03. The van der Waals surface area contributed by atoms with Crippen LogP contribution in [0.15, 0.2) is 24.3 Å². The van der Waals surface area contributed by atoms with Gasteiger partial charge >= 0.3 is 5.97 Å². The molecule has 0 saturated heterocycles. The van der Waals surface area contributed by atoms with Crippen LogP contribution < -0.4 is 10.5 Å². The minimum absolute atomic E-state index is 0.202. The van der Waals surface area contributed by atoms with Crippen molar-refractivity contribution < 1.29 is 14.3 Å². The van der Waals surface area contributed by atoms with Crippen LogP contribution in [-0.4, -0.2) is 19.2 Å². The first-order valence-electron chi connectivity index (χ1n) is 6.31. The predicted octanol–water partition coefficient (Wildman–Crippen LogP) is 2.43. The van der Waals surface area contributed by atoms with Gasteiger partial charge < -0.3 is 15.2 Å². The molecule has 4 heteroatoms. The maximum Gasteiger partial charge on any atom is 0.307 e. The minimum Gasteiger partial charge on any atom is -0.494 e. The summed E-state index contributed by atoms with van der Waals surface area (Å²) in [7, 11) is 0. The molecule has 0 aliphatic heterocycles. The Balaban J connectivity index is 2.50. The van der Waals surface area contributed by atoms with Crippen LogP contribution in [-0.2, 0) is 9.53 Å². The summed E-state index contributed by atoms with van der Waals surface area (Å²) in [5, 5.41) is 0. The molecular weight excluding hydrogens is 230 g/mol. The molecule has 0 aromatic heterocycles. The number of esters is 1. The molecule has 1 atom stereocenters. The summed E-state index contributed by atoms with van der Waals surface area (Å²) in [4.78, 5) is 11.4. The van der Waals surface area contributed by atoms with Crippen LogP contribution in [0.4, 0.5) is 0 Å². The summed E-state index contributed by atoms with van der Waals surface area (Å²) < 4.78 is 10.3. The smallest absolute Gasteiger partial charge is 0.307 e. The standard InChI is InChI=1S/C14H21NO3/c1-3-9-18-14(16)10-13(15)11-5-7-12(8-6-11)17-4-2/h5-8,13H,3-4,9-10,15H2,1-2H3. The summed E-state index contributed by atoms with van der Waals surface area (Å²) in [6, 6.07) is 7.14. The highest BCUT2D eigenvalue weighted by Crippen LogP contribution is 2.18. The summed E-state index contributed by atoms with van der Waals surface area (Å²) in [6.45, 7) is 4.98. The molecule has 0 amide bonds. The normalized spacial score (nSPS) is 11.9. The van der Waals surface area contributed by atoms with Gasteiger partial charge in [-0.1, -0.05) is 19.1 Å². The van der Waals surface area contributed by atoms with Crippen LogP contribution in [0.1, 0.15) is 38.3 Å². The molecule has 0 aliphatic carbocycles. The zero-order valence-electron chi connectivity index (χ0n) is 11.0. The van der Waals surface area contributed by atoms with Gasteiger partial charge in [-0.15, -0.1) is 0 Å². The van der Waals surface area contributed by atoms with Crippen LogP contribution in [0.2, 0.25) is 0 Å². The Kier molecular flexibility index (Phi) is 6.22. The Hall–Kier alpha value is -1.55. The van der Waals surface area contributed by atoms with Crippen LogP contribution in [0.3, 0.4) is 0 Å². The molecule has 1 aromatic carbocycles. The predicted molar refractivity (Wildman–Crippen MR) is 70.4 cm³/mol. The Morgan fingerprint density at radius 3 is 2.50 bits per heavy atom. The van der Waals surface area contributed by atoms with Crippen LogP contribution in [0.5, 0.6) is 5.75 Å². The molecule has 1 rings (SSSR count). The van der Waals surface area contributed by atoms with Gasteiger partial charge in [-0.2, -0.15) is 0 Å². The fourth-order valence-corrected chi connectivity index (χ4v) is 1.55. The molecule has 0 aliphatic rings. The van der Waals surface area contributed by atoms with Gasteiger partial charge in [-0.05, 0) is 31.0 Å². The molecule has 4 nitrogen and oxygen atoms in total. The van der Waals surface area contributed by atoms with E-state index in [1.807, 2.05) is 38.1 Å². The van der Waals surface area contributed by atoms with E-state index >= 15 is 0 Å². The van der Waals surface area contributed by atoms with E-state index in [1.165, 1.54) is 0 Å². The first-order chi connectivity index (χ1) is 8.67. The number of rotatable bonds is 7. The molecule has 0 heterocycles. The molecule has 0 radical (unpaired) electrons. The second-order valence-corrected chi connectivity index (χ2v) is 4.03. The lowest BCUT2D eigenvalue weighted by Gasteiger charge is -2.12. The molecule has 0 spiro atoms. The number of carbonyl (C=O) groups excluding carboxylic acids is 1. The van der Waals surface area contributed by atoms with E-state index in [9.17, 15) is 4.79 Å². The van der Waals surface area contributed by atoms with Crippen molar-refractivity contribution in [3.8, 4) is 5.75 Å². The van der Waals surface area contributed by atoms with Crippen LogP contribution >= 0.6 is 0 Å². The van der Waals surface area contributed by atoms with Crippen LogP contribution in [0, 0.1) is 0 Å². The van der Waals surface area contributed by atoms with Crippen molar-refractivity contribution in [2.45, 2.75) is 32.7 Å². The van der Waals surface area contributed by atoms with Crippen molar-refractivity contribution >= 4 is 5.97 Å². The Labute approximate surface area is 108 Å². The van der Waals surface area contributed by atoms with E-state index in [0.717, 1.165) is 17.7 Å². The Morgan fingerprint density at radius 1 is 1.28 bits per heavy atom. The van der Waals surface area contributed by atoms with Gasteiger partial charge in [-0.25, -0.2) is 0 Å². The van der Waals surface area contributed by atoms with E-state index in [-0.39, 0.29) is 18.4 Å². The third kappa shape index (κ3) is 4.75. The molecule has 1 unspecified atom stereocenters. The molecule has 100 valence electrons. The topological polar surface area (TPSA) is 61.5 Å². The molecule has 0 bridgehead atoms. The number of hydrogen-bond donors (Lipinski definition) is 1. The van der Waals surface area contributed by atoms with Crippen molar-refractivity contribution in [1.29, 1.82) is 0 Å². The number of hydrogen-bond acceptors (Lipinski definition) is 4. The van der Waals surface area contributed by atoms with Crippen molar-refractivity contribution in [2.75, 3.05) is 13.2 Å². The molecule has 2 N–H and O–H groups in total. The zero-order chi connectivity index (χ0) is 13.4. The van der Waals surface area contributed by atoms with Gasteiger partial charge in [0.25, 0.3) is 0 Å². The number of benzene rings is 1. The summed E-state index contributed by atoms with van der Waals surface area (Å²) in [6.07, 6.45) is 1.03. The Bertz CT molecular complexity index is 362. The highest BCUT2D eigenvalue weighted by atomic mass is 16.5. The number of nitrogens with two attached hydrogens (primary N) is 1. The fourth-order valence-electron chi connectivity index (χ4n) is 1.55. The summed E-state index contributed by atoms with van der Waals surface area (Å²) in [5.41, 5.74) is 6.86. The fraction of sp³-hybridized carbons (Fsp3) is 0.500. The van der Waals surface area contributed by atoms with Gasteiger partial charge in [0.1, 0.15) is 5.75 Å². The molecule has 1 aromatic rings. The number of carbonyl (C=O) groups is 1. The largest absolute Gasteiger partial charge is 0.494 e. The van der Waals surface area contributed by atoms with Gasteiger partial charge in [0, 0.05) is 6.04 Å². The van der Waals surface area contributed by atoms with Crippen molar-refractivity contribution in [1.82, 2.24) is 0 Å². The molecule has 0 fully saturated rings. The van der Waals surface area contributed by atoms with Crippen molar-refractivity contribution in [2.24, 2.45) is 5.73 Å². The maximum absolute atomic E-state index is 11.4. The first kappa shape index (κ1) is 14.5. The van der Waals surface area contributed by atoms with Crippen LogP contribution in [0.25, 0.3) is 0 Å². The highest BCUT2D eigenvalue weighted by molar-refractivity contribution is 5.70. The van der Waals surface area contributed by atoms with Gasteiger partial charge in [0.15, 0.2) is 0 Å². The monoisotopic (exact) mass is 251 g/mol. The van der Waals surface area contributed by atoms with E-state index in [4.69, 9.17) is 15.2 Å². The summed E-state index contributed by atoms with van der Waals surface area (Å²) in [5.74, 6) is 0.556. The second kappa shape index (κ2) is 7.71. The average Bonchev–Trinajstić information content (AvgIpc) is 2.37. The molecule has 18 heavy (non-hydrogen) atoms. The van der Waals surface area contributed by atoms with E-state index in [2.05, 4.69) is 0 Å². The van der Waals surface area contributed by atoms with Gasteiger partial charge in [0.05, 0.1) is 19.6 Å². The van der Waals surface area contributed by atoms with E-state index in [1.54, 1.807) is 0 Å². The third-order valence-electron chi connectivity index (χ3n) is 2.47. The van der Waals surface area contributed by atoms with E-state index in [0.29, 0.717) is 13.2 Å². The lowest BCUT2D eigenvalue weighted by atomic mass is 10.0. The van der Waals surface area contributed by atoms with Crippen molar-refractivity contribution in [3.05, 3.63) is 29.8 Å². The maximum atomic E-state index is 11.4. The Morgan fingerprint density at radius 2 is 1.94 bits per heavy atom. The summed E-state index contributed by atoms with van der Waals surface area (Å²) >= 11 is 0. The molecule has 0 saturated carbocycles. The zero-order valence-corrected chi connectivity index (χ0v) is 11.0. The van der Waals surface area contributed by atoms with E-state index < -0.39 is 0 Å². The molecular formula is C14H21NO3. The SMILES string of the molecule is CCCOC(=O)CC(N)c1ccc(OCC)cc1. The highest BCUT2D eigenvalue weighted by Gasteiger charge is 2.12. The van der Waals surface area contributed by atoms with Crippen molar-refractivity contribution in [3.63, 3.8) is 0 Å². The van der Waals surface area contributed by atoms with Gasteiger partial charge in [0.2, 0.25) is 0 Å². The first-order valence-corrected chi connectivity index (χ1v) is 6.31. The third-order valence-corrected chi connectivity index (χ3v) is 2.47. The van der Waals surface area contributed by atoms with Gasteiger partial charge in [-0.3, -0.25) is 4.79 Å². The average molecular weight is 251 g/mol. The quantitative estimate of drug-likeness (QED) is 0.756. The minimum atomic E-state index is -0.329. The lowest BCUT2D eigenvalue weighted by Crippen LogP contribution is -2.17. The lowest BCUT2D eigenvalue weighted by molar-refractivity contribution is -0.144.